The Morgan fingerprint density at radius 3 is 2.57 bits per heavy atom. The number of nitrogens with one attached hydrogen (secondary N) is 1. The van der Waals surface area contributed by atoms with Crippen LogP contribution in [-0.4, -0.2) is 37.9 Å². The summed E-state index contributed by atoms with van der Waals surface area (Å²) in [7, 11) is 0. The van der Waals surface area contributed by atoms with Crippen molar-refractivity contribution in [3.8, 4) is 0 Å². The van der Waals surface area contributed by atoms with Gasteiger partial charge in [0, 0.05) is 18.5 Å². The van der Waals surface area contributed by atoms with Gasteiger partial charge in [-0.15, -0.1) is 11.6 Å². The quantitative estimate of drug-likeness (QED) is 0.538. The summed E-state index contributed by atoms with van der Waals surface area (Å²) < 4.78 is 39.1. The third-order valence-corrected chi connectivity index (χ3v) is 1.96. The molecule has 1 N–H and O–H groups in total. The van der Waals surface area contributed by atoms with Gasteiger partial charge in [0.25, 0.3) is 0 Å². The molecule has 6 heteroatoms. The lowest BCUT2D eigenvalue weighted by Gasteiger charge is -2.10. The predicted molar refractivity (Wildman–Crippen MR) is 49.7 cm³/mol. The molecular formula is C8H15ClF3NO. The highest BCUT2D eigenvalue weighted by molar-refractivity contribution is 6.20. The normalized spacial score (nSPS) is 14.4. The van der Waals surface area contributed by atoms with Crippen molar-refractivity contribution in [2.75, 3.05) is 26.3 Å². The van der Waals surface area contributed by atoms with E-state index in [4.69, 9.17) is 11.6 Å². The number of ether oxygens (including phenoxy) is 1. The number of hydrogen-bond acceptors (Lipinski definition) is 2. The van der Waals surface area contributed by atoms with Crippen molar-refractivity contribution in [1.82, 2.24) is 5.32 Å². The van der Waals surface area contributed by atoms with Crippen LogP contribution in [-0.2, 0) is 4.74 Å². The summed E-state index contributed by atoms with van der Waals surface area (Å²) in [5.74, 6) is 0. The van der Waals surface area contributed by atoms with Gasteiger partial charge in [-0.1, -0.05) is 6.92 Å². The predicted octanol–water partition coefficient (Wildman–Crippen LogP) is 2.17. The summed E-state index contributed by atoms with van der Waals surface area (Å²) in [5, 5.41) is 2.92. The second kappa shape index (κ2) is 7.31. The fourth-order valence-electron chi connectivity index (χ4n) is 0.735. The minimum absolute atomic E-state index is 0.0256. The van der Waals surface area contributed by atoms with E-state index < -0.39 is 12.8 Å². The molecule has 0 amide bonds. The first-order valence-electron chi connectivity index (χ1n) is 4.45. The van der Waals surface area contributed by atoms with Gasteiger partial charge in [0.1, 0.15) is 6.61 Å². The van der Waals surface area contributed by atoms with Gasteiger partial charge in [-0.05, 0) is 6.42 Å². The highest BCUT2D eigenvalue weighted by atomic mass is 35.5. The van der Waals surface area contributed by atoms with Crippen LogP contribution in [0.3, 0.4) is 0 Å². The Morgan fingerprint density at radius 1 is 1.43 bits per heavy atom. The lowest BCUT2D eigenvalue weighted by atomic mass is 10.3. The standard InChI is InChI=1S/C8H15ClF3NO/c1-2-7(9)5-13-3-4-14-6-8(10,11)12/h7,13H,2-6H2,1H3. The van der Waals surface area contributed by atoms with Gasteiger partial charge < -0.3 is 10.1 Å². The first-order valence-corrected chi connectivity index (χ1v) is 4.88. The molecule has 86 valence electrons. The molecule has 0 bridgehead atoms. The van der Waals surface area contributed by atoms with Gasteiger partial charge in [0.05, 0.1) is 6.61 Å². The van der Waals surface area contributed by atoms with Gasteiger partial charge in [-0.3, -0.25) is 0 Å². The largest absolute Gasteiger partial charge is 0.411 e. The van der Waals surface area contributed by atoms with Gasteiger partial charge in [-0.2, -0.15) is 13.2 Å². The van der Waals surface area contributed by atoms with E-state index in [-0.39, 0.29) is 12.0 Å². The minimum atomic E-state index is -4.24. The Morgan fingerprint density at radius 2 is 2.07 bits per heavy atom. The van der Waals surface area contributed by atoms with Crippen LogP contribution in [0.25, 0.3) is 0 Å². The monoisotopic (exact) mass is 233 g/mol. The Bertz CT molecular complexity index is 143. The SMILES string of the molecule is CCC(Cl)CNCCOCC(F)(F)F. The summed E-state index contributed by atoms with van der Waals surface area (Å²) in [4.78, 5) is 0. The molecule has 0 saturated carbocycles. The van der Waals surface area contributed by atoms with Crippen molar-refractivity contribution in [2.45, 2.75) is 24.9 Å². The molecule has 14 heavy (non-hydrogen) atoms. The highest BCUT2D eigenvalue weighted by Gasteiger charge is 2.27. The topological polar surface area (TPSA) is 21.3 Å². The van der Waals surface area contributed by atoms with E-state index in [0.717, 1.165) is 6.42 Å². The Hall–Kier alpha value is -0.0000000000000000555. The Labute approximate surface area is 86.8 Å². The molecule has 0 aliphatic rings. The molecule has 1 unspecified atom stereocenters. The lowest BCUT2D eigenvalue weighted by Crippen LogP contribution is -2.28. The average Bonchev–Trinajstić information content (AvgIpc) is 2.08. The fraction of sp³-hybridized carbons (Fsp3) is 1.00. The smallest absolute Gasteiger partial charge is 0.371 e. The summed E-state index contributed by atoms with van der Waals surface area (Å²) in [6.07, 6.45) is -3.41. The number of hydrogen-bond donors (Lipinski definition) is 1. The molecule has 0 fully saturated rings. The number of rotatable bonds is 7. The van der Waals surface area contributed by atoms with Crippen molar-refractivity contribution in [1.29, 1.82) is 0 Å². The number of halogens is 4. The van der Waals surface area contributed by atoms with Crippen LogP contribution in [0.2, 0.25) is 0 Å². The van der Waals surface area contributed by atoms with Crippen LogP contribution in [0.1, 0.15) is 13.3 Å². The summed E-state index contributed by atoms with van der Waals surface area (Å²) in [6, 6.07) is 0. The molecule has 0 heterocycles. The zero-order chi connectivity index (χ0) is 11.0. The van der Waals surface area contributed by atoms with Gasteiger partial charge in [-0.25, -0.2) is 0 Å². The maximum absolute atomic E-state index is 11.6. The molecule has 0 saturated heterocycles. The van der Waals surface area contributed by atoms with Crippen molar-refractivity contribution in [2.24, 2.45) is 0 Å². The molecule has 0 aromatic carbocycles. The second-order valence-electron chi connectivity index (χ2n) is 2.88. The van der Waals surface area contributed by atoms with E-state index in [9.17, 15) is 13.2 Å². The molecule has 1 atom stereocenters. The lowest BCUT2D eigenvalue weighted by molar-refractivity contribution is -0.173. The third-order valence-electron chi connectivity index (χ3n) is 1.50. The summed E-state index contributed by atoms with van der Waals surface area (Å²) >= 11 is 5.77. The Kier molecular flexibility index (Phi) is 7.31. The van der Waals surface area contributed by atoms with Crippen LogP contribution >= 0.6 is 11.6 Å². The maximum atomic E-state index is 11.6. The molecule has 0 spiro atoms. The van der Waals surface area contributed by atoms with E-state index >= 15 is 0 Å². The van der Waals surface area contributed by atoms with Crippen molar-refractivity contribution >= 4 is 11.6 Å². The van der Waals surface area contributed by atoms with E-state index in [1.54, 1.807) is 0 Å². The van der Waals surface area contributed by atoms with Gasteiger partial charge in [0.2, 0.25) is 0 Å². The van der Waals surface area contributed by atoms with Crippen LogP contribution in [0.15, 0.2) is 0 Å². The number of alkyl halides is 4. The molecular weight excluding hydrogens is 219 g/mol. The van der Waals surface area contributed by atoms with Crippen LogP contribution < -0.4 is 5.32 Å². The van der Waals surface area contributed by atoms with E-state index in [1.807, 2.05) is 6.92 Å². The van der Waals surface area contributed by atoms with Gasteiger partial charge >= 0.3 is 6.18 Å². The molecule has 0 aliphatic heterocycles. The molecule has 0 radical (unpaired) electrons. The van der Waals surface area contributed by atoms with Crippen LogP contribution in [0, 0.1) is 0 Å². The second-order valence-corrected chi connectivity index (χ2v) is 3.49. The first-order chi connectivity index (χ1) is 6.45. The van der Waals surface area contributed by atoms with Gasteiger partial charge in [0.15, 0.2) is 0 Å². The fourth-order valence-corrected chi connectivity index (χ4v) is 0.844. The van der Waals surface area contributed by atoms with Crippen LogP contribution in [0.5, 0.6) is 0 Å². The van der Waals surface area contributed by atoms with Crippen molar-refractivity contribution in [3.05, 3.63) is 0 Å². The zero-order valence-corrected chi connectivity index (χ0v) is 8.79. The van der Waals surface area contributed by atoms with E-state index in [0.29, 0.717) is 13.1 Å². The van der Waals surface area contributed by atoms with Crippen LogP contribution in [0.4, 0.5) is 13.2 Å². The van der Waals surface area contributed by atoms with E-state index in [1.165, 1.54) is 0 Å². The highest BCUT2D eigenvalue weighted by Crippen LogP contribution is 2.13. The molecule has 0 aromatic rings. The Balaban J connectivity index is 3.14. The molecule has 0 rings (SSSR count). The first kappa shape index (κ1) is 14.0. The molecule has 0 aliphatic carbocycles. The zero-order valence-electron chi connectivity index (χ0n) is 8.03. The van der Waals surface area contributed by atoms with E-state index in [2.05, 4.69) is 10.1 Å². The summed E-state index contributed by atoms with van der Waals surface area (Å²) in [6.45, 7) is 1.78. The molecule has 2 nitrogen and oxygen atoms in total. The third kappa shape index (κ3) is 10.1. The maximum Gasteiger partial charge on any atom is 0.411 e. The minimum Gasteiger partial charge on any atom is -0.371 e. The van der Waals surface area contributed by atoms with Crippen molar-refractivity contribution < 1.29 is 17.9 Å². The van der Waals surface area contributed by atoms with Crippen molar-refractivity contribution in [3.63, 3.8) is 0 Å². The molecule has 0 aromatic heterocycles. The average molecular weight is 234 g/mol. The summed E-state index contributed by atoms with van der Waals surface area (Å²) in [5.41, 5.74) is 0.